The molecule has 1 aliphatic carbocycles. The summed E-state index contributed by atoms with van der Waals surface area (Å²) in [6.45, 7) is 1.26. The first-order valence-electron chi connectivity index (χ1n) is 9.07. The van der Waals surface area contributed by atoms with Crippen LogP contribution in [-0.2, 0) is 0 Å². The Morgan fingerprint density at radius 3 is 2.62 bits per heavy atom. The molecule has 2 heterocycles. The van der Waals surface area contributed by atoms with Crippen LogP contribution in [0.2, 0.25) is 0 Å². The number of ether oxygens (including phenoxy) is 1. The van der Waals surface area contributed by atoms with Gasteiger partial charge in [-0.3, -0.25) is 9.59 Å². The first-order chi connectivity index (χ1) is 12.7. The maximum absolute atomic E-state index is 12.6. The van der Waals surface area contributed by atoms with Gasteiger partial charge in [0.1, 0.15) is 12.4 Å². The summed E-state index contributed by atoms with van der Waals surface area (Å²) < 4.78 is 5.89. The molecule has 1 atom stereocenters. The molecule has 6 heteroatoms. The maximum Gasteiger partial charge on any atom is 0.255 e. The van der Waals surface area contributed by atoms with E-state index in [2.05, 4.69) is 5.32 Å². The molecule has 1 unspecified atom stereocenters. The number of nitrogens with zero attached hydrogens (tertiary/aromatic N) is 1. The van der Waals surface area contributed by atoms with Gasteiger partial charge < -0.3 is 15.0 Å². The van der Waals surface area contributed by atoms with Crippen molar-refractivity contribution in [1.82, 2.24) is 10.2 Å². The normalized spacial score (nSPS) is 19.4. The zero-order valence-electron chi connectivity index (χ0n) is 14.5. The first kappa shape index (κ1) is 17.1. The Balaban J connectivity index is 1.32. The fraction of sp³-hybridized carbons (Fsp3) is 0.400. The second kappa shape index (κ2) is 7.50. The van der Waals surface area contributed by atoms with Gasteiger partial charge in [-0.05, 0) is 61.4 Å². The molecular formula is C20H22N2O3S. The number of thiophene rings is 1. The van der Waals surface area contributed by atoms with Gasteiger partial charge in [-0.15, -0.1) is 0 Å². The highest BCUT2D eigenvalue weighted by Gasteiger charge is 2.30. The Morgan fingerprint density at radius 1 is 1.12 bits per heavy atom. The Bertz CT molecular complexity index is 769. The van der Waals surface area contributed by atoms with Gasteiger partial charge in [-0.25, -0.2) is 0 Å². The van der Waals surface area contributed by atoms with Crippen LogP contribution >= 0.6 is 11.3 Å². The van der Waals surface area contributed by atoms with E-state index in [-0.39, 0.29) is 17.9 Å². The number of hydrogen-bond acceptors (Lipinski definition) is 4. The summed E-state index contributed by atoms with van der Waals surface area (Å²) in [5.41, 5.74) is 1.41. The molecule has 0 spiro atoms. The summed E-state index contributed by atoms with van der Waals surface area (Å²) in [7, 11) is 0. The second-order valence-corrected chi connectivity index (χ2v) is 7.67. The summed E-state index contributed by atoms with van der Waals surface area (Å²) in [4.78, 5) is 26.5. The number of amides is 2. The summed E-state index contributed by atoms with van der Waals surface area (Å²) in [6, 6.07) is 9.54. The van der Waals surface area contributed by atoms with Gasteiger partial charge in [0.05, 0.1) is 11.6 Å². The zero-order valence-corrected chi connectivity index (χ0v) is 15.3. The third kappa shape index (κ3) is 3.90. The molecule has 0 bridgehead atoms. The smallest absolute Gasteiger partial charge is 0.255 e. The van der Waals surface area contributed by atoms with Crippen molar-refractivity contribution in [3.63, 3.8) is 0 Å². The molecule has 1 aliphatic heterocycles. The van der Waals surface area contributed by atoms with Gasteiger partial charge in [-0.1, -0.05) is 0 Å². The lowest BCUT2D eigenvalue weighted by Crippen LogP contribution is -2.38. The molecule has 136 valence electrons. The van der Waals surface area contributed by atoms with Gasteiger partial charge >= 0.3 is 0 Å². The third-order valence-corrected chi connectivity index (χ3v) is 5.56. The van der Waals surface area contributed by atoms with E-state index in [1.807, 2.05) is 33.9 Å². The number of benzene rings is 1. The predicted molar refractivity (Wildman–Crippen MR) is 101 cm³/mol. The van der Waals surface area contributed by atoms with Crippen LogP contribution in [0, 0.1) is 0 Å². The number of nitrogens with one attached hydrogen (secondary N) is 1. The van der Waals surface area contributed by atoms with Crippen LogP contribution < -0.4 is 10.1 Å². The standard InChI is InChI=1S/C20H22N2O3S/c23-19(21-16-5-6-16)14-3-7-18(8-4-14)25-12-17-2-1-10-22(17)20(24)15-9-11-26-13-15/h3-4,7-9,11,13,16-17H,1-2,5-6,10,12H2,(H,21,23). The van der Waals surface area contributed by atoms with Gasteiger partial charge in [-0.2, -0.15) is 11.3 Å². The lowest BCUT2D eigenvalue weighted by molar-refractivity contribution is 0.0692. The average Bonchev–Trinajstić information content (AvgIpc) is 3.15. The quantitative estimate of drug-likeness (QED) is 0.849. The number of carbonyl (C=O) groups excluding carboxylic acids is 2. The Labute approximate surface area is 157 Å². The molecule has 2 amide bonds. The highest BCUT2D eigenvalue weighted by Crippen LogP contribution is 2.23. The maximum atomic E-state index is 12.6. The highest BCUT2D eigenvalue weighted by molar-refractivity contribution is 7.08. The number of likely N-dealkylation sites (tertiary alicyclic amines) is 1. The predicted octanol–water partition coefficient (Wildman–Crippen LogP) is 3.32. The summed E-state index contributed by atoms with van der Waals surface area (Å²) in [6.07, 6.45) is 4.12. The van der Waals surface area contributed by atoms with E-state index in [4.69, 9.17) is 4.74 Å². The molecule has 1 aromatic heterocycles. The molecule has 26 heavy (non-hydrogen) atoms. The molecule has 0 radical (unpaired) electrons. The largest absolute Gasteiger partial charge is 0.491 e. The minimum absolute atomic E-state index is 0.0256. The van der Waals surface area contributed by atoms with Crippen molar-refractivity contribution >= 4 is 23.2 Å². The van der Waals surface area contributed by atoms with Crippen LogP contribution in [0.4, 0.5) is 0 Å². The van der Waals surface area contributed by atoms with E-state index < -0.39 is 0 Å². The minimum atomic E-state index is -0.0256. The average molecular weight is 370 g/mol. The molecule has 1 saturated heterocycles. The van der Waals surface area contributed by atoms with Crippen molar-refractivity contribution in [2.75, 3.05) is 13.2 Å². The molecular weight excluding hydrogens is 348 g/mol. The van der Waals surface area contributed by atoms with Gasteiger partial charge in [0.2, 0.25) is 0 Å². The molecule has 2 fully saturated rings. The van der Waals surface area contributed by atoms with Gasteiger partial charge in [0.15, 0.2) is 0 Å². The van der Waals surface area contributed by atoms with Crippen molar-refractivity contribution in [2.45, 2.75) is 37.8 Å². The lowest BCUT2D eigenvalue weighted by atomic mass is 10.2. The zero-order chi connectivity index (χ0) is 17.9. The lowest BCUT2D eigenvalue weighted by Gasteiger charge is -2.24. The van der Waals surface area contributed by atoms with Gasteiger partial charge in [0.25, 0.3) is 11.8 Å². The Kier molecular flexibility index (Phi) is 4.93. The van der Waals surface area contributed by atoms with E-state index in [0.717, 1.165) is 43.5 Å². The second-order valence-electron chi connectivity index (χ2n) is 6.89. The molecule has 5 nitrogen and oxygen atoms in total. The van der Waals surface area contributed by atoms with Crippen LogP contribution in [-0.4, -0.2) is 41.9 Å². The monoisotopic (exact) mass is 370 g/mol. The highest BCUT2D eigenvalue weighted by atomic mass is 32.1. The van der Waals surface area contributed by atoms with Crippen molar-refractivity contribution in [2.24, 2.45) is 0 Å². The minimum Gasteiger partial charge on any atom is -0.491 e. The van der Waals surface area contributed by atoms with Crippen LogP contribution in [0.1, 0.15) is 46.4 Å². The molecule has 1 N–H and O–H groups in total. The van der Waals surface area contributed by atoms with Crippen LogP contribution in [0.15, 0.2) is 41.1 Å². The van der Waals surface area contributed by atoms with Gasteiger partial charge in [0, 0.05) is 23.5 Å². The molecule has 2 aromatic rings. The fourth-order valence-corrected chi connectivity index (χ4v) is 3.85. The first-order valence-corrected chi connectivity index (χ1v) is 10.0. The van der Waals surface area contributed by atoms with E-state index in [0.29, 0.717) is 18.2 Å². The number of hydrogen-bond donors (Lipinski definition) is 1. The molecule has 2 aliphatic rings. The fourth-order valence-electron chi connectivity index (χ4n) is 3.22. The SMILES string of the molecule is O=C(NC1CC1)c1ccc(OCC2CCCN2C(=O)c2ccsc2)cc1. The van der Waals surface area contributed by atoms with Crippen LogP contribution in [0.3, 0.4) is 0 Å². The van der Waals surface area contributed by atoms with E-state index in [9.17, 15) is 9.59 Å². The molecule has 1 saturated carbocycles. The third-order valence-electron chi connectivity index (χ3n) is 4.88. The van der Waals surface area contributed by atoms with Crippen molar-refractivity contribution in [3.05, 3.63) is 52.2 Å². The molecule has 1 aromatic carbocycles. The van der Waals surface area contributed by atoms with Crippen molar-refractivity contribution < 1.29 is 14.3 Å². The van der Waals surface area contributed by atoms with E-state index in [1.165, 1.54) is 11.3 Å². The van der Waals surface area contributed by atoms with Crippen LogP contribution in [0.25, 0.3) is 0 Å². The van der Waals surface area contributed by atoms with E-state index >= 15 is 0 Å². The molecule has 4 rings (SSSR count). The number of carbonyl (C=O) groups is 2. The van der Waals surface area contributed by atoms with Crippen molar-refractivity contribution in [3.8, 4) is 5.75 Å². The van der Waals surface area contributed by atoms with Crippen molar-refractivity contribution in [1.29, 1.82) is 0 Å². The number of rotatable bonds is 6. The summed E-state index contributed by atoms with van der Waals surface area (Å²) in [5.74, 6) is 0.787. The summed E-state index contributed by atoms with van der Waals surface area (Å²) >= 11 is 1.54. The van der Waals surface area contributed by atoms with E-state index in [1.54, 1.807) is 12.1 Å². The summed E-state index contributed by atoms with van der Waals surface area (Å²) in [5, 5.41) is 6.79. The van der Waals surface area contributed by atoms with Crippen LogP contribution in [0.5, 0.6) is 5.75 Å². The Hall–Kier alpha value is -2.34. The Morgan fingerprint density at radius 2 is 1.92 bits per heavy atom. The topological polar surface area (TPSA) is 58.6 Å².